The van der Waals surface area contributed by atoms with E-state index in [4.69, 9.17) is 4.42 Å². The summed E-state index contributed by atoms with van der Waals surface area (Å²) < 4.78 is 43.1. The number of hydrogen-bond acceptors (Lipinski definition) is 3. The standard InChI is InChI=1S/C19H20F3NO2S/c20-19(21,22)16-5-3-15(4-6-16)18(24)23-9-7-14(8-10-23)12-26-13-17-2-1-11-25-17/h1-6,11,14H,7-10,12-13H2. The molecule has 0 spiro atoms. The fourth-order valence-corrected chi connectivity index (χ4v) is 4.16. The first kappa shape index (κ1) is 18.9. The summed E-state index contributed by atoms with van der Waals surface area (Å²) in [4.78, 5) is 14.2. The zero-order valence-corrected chi connectivity index (χ0v) is 15.0. The lowest BCUT2D eigenvalue weighted by Gasteiger charge is -2.32. The van der Waals surface area contributed by atoms with E-state index in [1.807, 2.05) is 23.9 Å². The number of rotatable bonds is 5. The van der Waals surface area contributed by atoms with Gasteiger partial charge in [-0.1, -0.05) is 0 Å². The predicted octanol–water partition coefficient (Wildman–Crippen LogP) is 5.08. The van der Waals surface area contributed by atoms with Crippen molar-refractivity contribution in [1.29, 1.82) is 0 Å². The summed E-state index contributed by atoms with van der Waals surface area (Å²) in [6.07, 6.45) is -0.885. The number of thioether (sulfide) groups is 1. The van der Waals surface area contributed by atoms with Crippen LogP contribution in [0.3, 0.4) is 0 Å². The number of likely N-dealkylation sites (tertiary alicyclic amines) is 1. The molecular weight excluding hydrogens is 363 g/mol. The Morgan fingerprint density at radius 1 is 1.15 bits per heavy atom. The van der Waals surface area contributed by atoms with Gasteiger partial charge >= 0.3 is 6.18 Å². The number of amides is 1. The second-order valence-corrected chi connectivity index (χ2v) is 7.44. The van der Waals surface area contributed by atoms with Crippen molar-refractivity contribution < 1.29 is 22.4 Å². The van der Waals surface area contributed by atoms with Gasteiger partial charge in [0.15, 0.2) is 0 Å². The van der Waals surface area contributed by atoms with Crippen molar-refractivity contribution in [2.24, 2.45) is 5.92 Å². The lowest BCUT2D eigenvalue weighted by molar-refractivity contribution is -0.137. The third-order valence-corrected chi connectivity index (χ3v) is 5.73. The molecule has 3 rings (SSSR count). The summed E-state index contributed by atoms with van der Waals surface area (Å²) in [5, 5.41) is 0. The largest absolute Gasteiger partial charge is 0.468 e. The highest BCUT2D eigenvalue weighted by Crippen LogP contribution is 2.30. The van der Waals surface area contributed by atoms with Crippen LogP contribution in [0.15, 0.2) is 47.1 Å². The molecule has 1 fully saturated rings. The van der Waals surface area contributed by atoms with E-state index in [0.717, 1.165) is 42.2 Å². The summed E-state index contributed by atoms with van der Waals surface area (Å²) >= 11 is 1.82. The van der Waals surface area contributed by atoms with E-state index in [9.17, 15) is 18.0 Å². The van der Waals surface area contributed by atoms with Crippen LogP contribution in [0.5, 0.6) is 0 Å². The predicted molar refractivity (Wildman–Crippen MR) is 94.9 cm³/mol. The number of halogens is 3. The van der Waals surface area contributed by atoms with E-state index in [1.54, 1.807) is 11.2 Å². The Hall–Kier alpha value is -1.89. The Balaban J connectivity index is 1.46. The minimum absolute atomic E-state index is 0.194. The molecule has 1 amide bonds. The fourth-order valence-electron chi connectivity index (χ4n) is 3.01. The number of benzene rings is 1. The Morgan fingerprint density at radius 2 is 1.85 bits per heavy atom. The molecule has 0 bridgehead atoms. The van der Waals surface area contributed by atoms with Crippen LogP contribution in [0.25, 0.3) is 0 Å². The molecule has 1 aliphatic heterocycles. The van der Waals surface area contributed by atoms with Crippen LogP contribution < -0.4 is 0 Å². The van der Waals surface area contributed by atoms with Gasteiger partial charge in [-0.25, -0.2) is 0 Å². The second-order valence-electron chi connectivity index (χ2n) is 6.41. The quantitative estimate of drug-likeness (QED) is 0.722. The normalized spacial score (nSPS) is 16.0. The van der Waals surface area contributed by atoms with Crippen molar-refractivity contribution in [3.05, 3.63) is 59.5 Å². The molecule has 7 heteroatoms. The number of nitrogens with zero attached hydrogens (tertiary/aromatic N) is 1. The molecule has 0 radical (unpaired) electrons. The van der Waals surface area contributed by atoms with Gasteiger partial charge in [0.25, 0.3) is 5.91 Å². The highest BCUT2D eigenvalue weighted by molar-refractivity contribution is 7.98. The highest BCUT2D eigenvalue weighted by Gasteiger charge is 2.30. The number of piperidine rings is 1. The Kier molecular flexibility index (Phi) is 5.96. The van der Waals surface area contributed by atoms with Crippen molar-refractivity contribution in [2.75, 3.05) is 18.8 Å². The van der Waals surface area contributed by atoms with Crippen LogP contribution in [0.4, 0.5) is 13.2 Å². The molecule has 1 aromatic heterocycles. The topological polar surface area (TPSA) is 33.5 Å². The minimum atomic E-state index is -4.38. The first-order chi connectivity index (χ1) is 12.4. The van der Waals surface area contributed by atoms with E-state index < -0.39 is 11.7 Å². The molecule has 3 nitrogen and oxygen atoms in total. The van der Waals surface area contributed by atoms with Gasteiger partial charge in [0.05, 0.1) is 17.6 Å². The number of alkyl halides is 3. The smallest absolute Gasteiger partial charge is 0.416 e. The van der Waals surface area contributed by atoms with Crippen molar-refractivity contribution >= 4 is 17.7 Å². The van der Waals surface area contributed by atoms with Crippen LogP contribution >= 0.6 is 11.8 Å². The van der Waals surface area contributed by atoms with Crippen LogP contribution in [0.1, 0.15) is 34.5 Å². The van der Waals surface area contributed by atoms with Crippen molar-refractivity contribution in [3.8, 4) is 0 Å². The maximum atomic E-state index is 12.6. The van der Waals surface area contributed by atoms with Gasteiger partial charge in [0.2, 0.25) is 0 Å². The highest BCUT2D eigenvalue weighted by atomic mass is 32.2. The van der Waals surface area contributed by atoms with E-state index >= 15 is 0 Å². The molecule has 0 aliphatic carbocycles. The van der Waals surface area contributed by atoms with Gasteiger partial charge in [0, 0.05) is 18.7 Å². The molecule has 1 aliphatic rings. The molecule has 0 unspecified atom stereocenters. The molecule has 1 aromatic carbocycles. The van der Waals surface area contributed by atoms with Gasteiger partial charge in [-0.3, -0.25) is 4.79 Å². The van der Waals surface area contributed by atoms with Crippen molar-refractivity contribution in [3.63, 3.8) is 0 Å². The van der Waals surface area contributed by atoms with Crippen LogP contribution in [0, 0.1) is 5.92 Å². The first-order valence-electron chi connectivity index (χ1n) is 8.50. The van der Waals surface area contributed by atoms with Gasteiger partial charge in [-0.15, -0.1) is 0 Å². The maximum absolute atomic E-state index is 12.6. The van der Waals surface area contributed by atoms with E-state index in [0.29, 0.717) is 24.6 Å². The average molecular weight is 383 g/mol. The molecule has 2 aromatic rings. The lowest BCUT2D eigenvalue weighted by atomic mass is 9.98. The molecule has 0 N–H and O–H groups in total. The number of furan rings is 1. The minimum Gasteiger partial charge on any atom is -0.468 e. The third-order valence-electron chi connectivity index (χ3n) is 4.54. The van der Waals surface area contributed by atoms with Crippen molar-refractivity contribution in [1.82, 2.24) is 4.90 Å². The molecule has 1 saturated heterocycles. The van der Waals surface area contributed by atoms with E-state index in [-0.39, 0.29) is 5.91 Å². The van der Waals surface area contributed by atoms with Crippen molar-refractivity contribution in [2.45, 2.75) is 24.8 Å². The molecule has 26 heavy (non-hydrogen) atoms. The number of carbonyl (C=O) groups is 1. The van der Waals surface area contributed by atoms with Crippen LogP contribution in [-0.4, -0.2) is 29.6 Å². The Bertz CT molecular complexity index is 705. The Morgan fingerprint density at radius 3 is 2.42 bits per heavy atom. The maximum Gasteiger partial charge on any atom is 0.416 e. The number of carbonyl (C=O) groups excluding carboxylic acids is 1. The summed E-state index contributed by atoms with van der Waals surface area (Å²) in [7, 11) is 0. The molecule has 0 saturated carbocycles. The summed E-state index contributed by atoms with van der Waals surface area (Å²) in [5.41, 5.74) is -0.426. The summed E-state index contributed by atoms with van der Waals surface area (Å²) in [6.45, 7) is 1.29. The number of hydrogen-bond donors (Lipinski definition) is 0. The zero-order chi connectivity index (χ0) is 18.6. The van der Waals surface area contributed by atoms with Crippen LogP contribution in [0.2, 0.25) is 0 Å². The first-order valence-corrected chi connectivity index (χ1v) is 9.65. The lowest BCUT2D eigenvalue weighted by Crippen LogP contribution is -2.39. The Labute approximate surface area is 154 Å². The van der Waals surface area contributed by atoms with E-state index in [1.165, 1.54) is 12.1 Å². The average Bonchev–Trinajstić information content (AvgIpc) is 3.15. The van der Waals surface area contributed by atoms with Gasteiger partial charge in [0.1, 0.15) is 5.76 Å². The second kappa shape index (κ2) is 8.20. The van der Waals surface area contributed by atoms with Gasteiger partial charge in [-0.2, -0.15) is 24.9 Å². The van der Waals surface area contributed by atoms with Gasteiger partial charge in [-0.05, 0) is 60.9 Å². The fraction of sp³-hybridized carbons (Fsp3) is 0.421. The SMILES string of the molecule is O=C(c1ccc(C(F)(F)F)cc1)N1CCC(CSCc2ccco2)CC1. The molecule has 0 atom stereocenters. The zero-order valence-electron chi connectivity index (χ0n) is 14.2. The molecular formula is C19H20F3NO2S. The van der Waals surface area contributed by atoms with E-state index in [2.05, 4.69) is 0 Å². The van der Waals surface area contributed by atoms with Gasteiger partial charge < -0.3 is 9.32 Å². The van der Waals surface area contributed by atoms with Crippen LogP contribution in [-0.2, 0) is 11.9 Å². The molecule has 2 heterocycles. The molecule has 140 valence electrons. The monoisotopic (exact) mass is 383 g/mol. The third kappa shape index (κ3) is 4.84. The summed E-state index contributed by atoms with van der Waals surface area (Å²) in [5.74, 6) is 3.18. The summed E-state index contributed by atoms with van der Waals surface area (Å²) in [6, 6.07) is 8.28.